The minimum absolute atomic E-state index is 0.149. The van der Waals surface area contributed by atoms with Crippen molar-refractivity contribution in [1.29, 1.82) is 0 Å². The Morgan fingerprint density at radius 1 is 0.962 bits per heavy atom. The standard InChI is InChI=1S/C21H23N5/c1-2-6-17(7-3-1)10-13-25-14-11-21(12-15-25)24-19-9-5-4-8-18(19)20-22-16-23-26(20)21/h1-9,16,24H,10-15H2. The molecule has 5 heteroatoms. The first-order valence-corrected chi connectivity index (χ1v) is 9.38. The number of anilines is 1. The lowest BCUT2D eigenvalue weighted by Gasteiger charge is -2.45. The van der Waals surface area contributed by atoms with Gasteiger partial charge < -0.3 is 10.2 Å². The molecule has 3 aromatic rings. The van der Waals surface area contributed by atoms with Crippen molar-refractivity contribution in [2.75, 3.05) is 25.0 Å². The molecule has 0 amide bonds. The number of nitrogens with zero attached hydrogens (tertiary/aromatic N) is 4. The van der Waals surface area contributed by atoms with Gasteiger partial charge in [-0.2, -0.15) is 5.10 Å². The molecule has 5 rings (SSSR count). The predicted octanol–water partition coefficient (Wildman–Crippen LogP) is 3.36. The first-order chi connectivity index (χ1) is 12.8. The first kappa shape index (κ1) is 15.6. The summed E-state index contributed by atoms with van der Waals surface area (Å²) >= 11 is 0. The smallest absolute Gasteiger partial charge is 0.162 e. The van der Waals surface area contributed by atoms with E-state index in [1.807, 2.05) is 0 Å². The van der Waals surface area contributed by atoms with Crippen molar-refractivity contribution in [1.82, 2.24) is 19.7 Å². The number of hydrogen-bond donors (Lipinski definition) is 1. The molecule has 132 valence electrons. The molecule has 2 aliphatic rings. The molecule has 26 heavy (non-hydrogen) atoms. The highest BCUT2D eigenvalue weighted by Gasteiger charge is 2.42. The predicted molar refractivity (Wildman–Crippen MR) is 103 cm³/mol. The van der Waals surface area contributed by atoms with Crippen LogP contribution in [-0.4, -0.2) is 39.3 Å². The van der Waals surface area contributed by atoms with Crippen molar-refractivity contribution in [3.05, 3.63) is 66.5 Å². The van der Waals surface area contributed by atoms with E-state index in [-0.39, 0.29) is 5.66 Å². The SMILES string of the molecule is c1ccc(CCN2CCC3(CC2)Nc2ccccc2-c2ncnn23)cc1. The van der Waals surface area contributed by atoms with Crippen LogP contribution in [0.1, 0.15) is 18.4 Å². The summed E-state index contributed by atoms with van der Waals surface area (Å²) < 4.78 is 2.11. The molecule has 2 aliphatic heterocycles. The maximum absolute atomic E-state index is 4.58. The van der Waals surface area contributed by atoms with Gasteiger partial charge in [-0.05, 0) is 24.1 Å². The number of benzene rings is 2. The van der Waals surface area contributed by atoms with Crippen molar-refractivity contribution in [2.24, 2.45) is 0 Å². The van der Waals surface area contributed by atoms with Crippen LogP contribution in [0.4, 0.5) is 5.69 Å². The average Bonchev–Trinajstić information content (AvgIpc) is 3.20. The normalized spacial score (nSPS) is 18.2. The van der Waals surface area contributed by atoms with E-state index < -0.39 is 0 Å². The largest absolute Gasteiger partial charge is 0.360 e. The number of aromatic nitrogens is 3. The molecular weight excluding hydrogens is 322 g/mol. The number of para-hydroxylation sites is 1. The number of rotatable bonds is 3. The molecule has 1 N–H and O–H groups in total. The molecule has 0 atom stereocenters. The van der Waals surface area contributed by atoms with Gasteiger partial charge in [-0.15, -0.1) is 0 Å². The molecule has 1 saturated heterocycles. The van der Waals surface area contributed by atoms with E-state index in [9.17, 15) is 0 Å². The molecule has 3 heterocycles. The zero-order valence-electron chi connectivity index (χ0n) is 14.8. The van der Waals surface area contributed by atoms with Crippen molar-refractivity contribution in [2.45, 2.75) is 24.9 Å². The Balaban J connectivity index is 1.32. The van der Waals surface area contributed by atoms with Gasteiger partial charge in [0.25, 0.3) is 0 Å². The molecule has 1 aromatic heterocycles. The van der Waals surface area contributed by atoms with E-state index in [1.165, 1.54) is 11.3 Å². The van der Waals surface area contributed by atoms with E-state index in [0.29, 0.717) is 0 Å². The van der Waals surface area contributed by atoms with E-state index in [0.717, 1.165) is 50.3 Å². The second kappa shape index (κ2) is 6.25. The summed E-state index contributed by atoms with van der Waals surface area (Å²) in [6.07, 6.45) is 4.86. The summed E-state index contributed by atoms with van der Waals surface area (Å²) in [7, 11) is 0. The Kier molecular flexibility index (Phi) is 3.75. The third kappa shape index (κ3) is 2.59. The van der Waals surface area contributed by atoms with Gasteiger partial charge in [0.2, 0.25) is 0 Å². The number of piperidine rings is 1. The Labute approximate surface area is 153 Å². The van der Waals surface area contributed by atoms with Crippen LogP contribution >= 0.6 is 0 Å². The monoisotopic (exact) mass is 345 g/mol. The second-order valence-corrected chi connectivity index (χ2v) is 7.27. The minimum Gasteiger partial charge on any atom is -0.360 e. The molecule has 1 fully saturated rings. The number of fused-ring (bicyclic) bond motifs is 4. The molecule has 0 aliphatic carbocycles. The van der Waals surface area contributed by atoms with Gasteiger partial charge in [-0.1, -0.05) is 42.5 Å². The van der Waals surface area contributed by atoms with Gasteiger partial charge in [0, 0.05) is 43.7 Å². The lowest BCUT2D eigenvalue weighted by molar-refractivity contribution is 0.121. The molecule has 0 bridgehead atoms. The molecule has 1 spiro atoms. The van der Waals surface area contributed by atoms with E-state index in [2.05, 4.69) is 79.6 Å². The van der Waals surface area contributed by atoms with Crippen LogP contribution in [0.25, 0.3) is 11.4 Å². The first-order valence-electron chi connectivity index (χ1n) is 9.38. The number of likely N-dealkylation sites (tertiary alicyclic amines) is 1. The fourth-order valence-electron chi connectivity index (χ4n) is 4.24. The highest BCUT2D eigenvalue weighted by atomic mass is 15.5. The summed E-state index contributed by atoms with van der Waals surface area (Å²) in [6.45, 7) is 3.25. The number of hydrogen-bond acceptors (Lipinski definition) is 4. The van der Waals surface area contributed by atoms with Crippen LogP contribution in [0.15, 0.2) is 60.9 Å². The summed E-state index contributed by atoms with van der Waals surface area (Å²) in [4.78, 5) is 7.11. The molecule has 0 saturated carbocycles. The molecule has 0 radical (unpaired) electrons. The van der Waals surface area contributed by atoms with Gasteiger partial charge in [0.05, 0.1) is 0 Å². The number of nitrogens with one attached hydrogen (secondary N) is 1. The van der Waals surface area contributed by atoms with Crippen LogP contribution in [0, 0.1) is 0 Å². The lowest BCUT2D eigenvalue weighted by Crippen LogP contribution is -2.53. The third-order valence-electron chi connectivity index (χ3n) is 5.73. The van der Waals surface area contributed by atoms with Crippen LogP contribution in [0.2, 0.25) is 0 Å². The van der Waals surface area contributed by atoms with Crippen LogP contribution in [0.5, 0.6) is 0 Å². The second-order valence-electron chi connectivity index (χ2n) is 7.27. The minimum atomic E-state index is -0.149. The summed E-state index contributed by atoms with van der Waals surface area (Å²) in [5.41, 5.74) is 3.58. The van der Waals surface area contributed by atoms with Gasteiger partial charge in [0.15, 0.2) is 5.82 Å². The maximum atomic E-state index is 4.58. The highest BCUT2D eigenvalue weighted by molar-refractivity contribution is 5.76. The summed E-state index contributed by atoms with van der Waals surface area (Å²) in [6, 6.07) is 19.2. The Morgan fingerprint density at radius 3 is 2.58 bits per heavy atom. The van der Waals surface area contributed by atoms with E-state index >= 15 is 0 Å². The van der Waals surface area contributed by atoms with Gasteiger partial charge in [-0.3, -0.25) is 0 Å². The van der Waals surface area contributed by atoms with Gasteiger partial charge >= 0.3 is 0 Å². The average molecular weight is 345 g/mol. The Hall–Kier alpha value is -2.66. The van der Waals surface area contributed by atoms with E-state index in [4.69, 9.17) is 0 Å². The quantitative estimate of drug-likeness (QED) is 0.791. The van der Waals surface area contributed by atoms with Crippen molar-refractivity contribution in [3.63, 3.8) is 0 Å². The lowest BCUT2D eigenvalue weighted by atomic mass is 9.92. The fraction of sp³-hybridized carbons (Fsp3) is 0.333. The summed E-state index contributed by atoms with van der Waals surface area (Å²) in [5.74, 6) is 0.983. The van der Waals surface area contributed by atoms with Crippen molar-refractivity contribution < 1.29 is 0 Å². The van der Waals surface area contributed by atoms with Gasteiger partial charge in [-0.25, -0.2) is 9.67 Å². The Bertz CT molecular complexity index is 894. The molecule has 0 unspecified atom stereocenters. The van der Waals surface area contributed by atoms with Crippen molar-refractivity contribution >= 4 is 5.69 Å². The maximum Gasteiger partial charge on any atom is 0.162 e. The zero-order chi connectivity index (χ0) is 17.4. The van der Waals surface area contributed by atoms with Crippen LogP contribution < -0.4 is 5.32 Å². The highest BCUT2D eigenvalue weighted by Crippen LogP contribution is 2.41. The molecule has 5 nitrogen and oxygen atoms in total. The molecule has 2 aromatic carbocycles. The van der Waals surface area contributed by atoms with Gasteiger partial charge in [0.1, 0.15) is 12.0 Å². The topological polar surface area (TPSA) is 46.0 Å². The zero-order valence-corrected chi connectivity index (χ0v) is 14.8. The van der Waals surface area contributed by atoms with E-state index in [1.54, 1.807) is 6.33 Å². The van der Waals surface area contributed by atoms with Crippen LogP contribution in [0.3, 0.4) is 0 Å². The van der Waals surface area contributed by atoms with Crippen molar-refractivity contribution in [3.8, 4) is 11.4 Å². The van der Waals surface area contributed by atoms with Crippen LogP contribution in [-0.2, 0) is 12.1 Å². The Morgan fingerprint density at radius 2 is 1.73 bits per heavy atom. The molecular formula is C21H23N5. The summed E-state index contributed by atoms with van der Waals surface area (Å²) in [5, 5.41) is 8.36. The third-order valence-corrected chi connectivity index (χ3v) is 5.73. The fourth-order valence-corrected chi connectivity index (χ4v) is 4.24.